The Labute approximate surface area is 180 Å². The van der Waals surface area contributed by atoms with Gasteiger partial charge in [-0.2, -0.15) is 9.94 Å². The van der Waals surface area contributed by atoms with Crippen molar-refractivity contribution in [3.63, 3.8) is 0 Å². The molecule has 1 N–H and O–H groups in total. The second-order valence-electron chi connectivity index (χ2n) is 5.97. The maximum Gasteiger partial charge on any atom is 0.573 e. The number of nitrogens with zero attached hydrogens (tertiary/aromatic N) is 5. The van der Waals surface area contributed by atoms with Crippen molar-refractivity contribution in [1.29, 1.82) is 5.26 Å². The highest BCUT2D eigenvalue weighted by atomic mass is 79.9. The number of aryl methyl sites for hydroxylation is 1. The van der Waals surface area contributed by atoms with Crippen LogP contribution in [0.15, 0.2) is 28.9 Å². The number of aromatic nitrogens is 4. The highest BCUT2D eigenvalue weighted by Crippen LogP contribution is 2.28. The maximum absolute atomic E-state index is 12.6. The number of hydrogen-bond acceptors (Lipinski definition) is 7. The van der Waals surface area contributed by atoms with Crippen LogP contribution >= 0.6 is 27.3 Å². The van der Waals surface area contributed by atoms with Crippen molar-refractivity contribution in [2.75, 3.05) is 0 Å². The van der Waals surface area contributed by atoms with E-state index in [1.165, 1.54) is 16.9 Å². The van der Waals surface area contributed by atoms with Gasteiger partial charge in [0.25, 0.3) is 5.91 Å². The van der Waals surface area contributed by atoms with E-state index in [2.05, 4.69) is 41.1 Å². The molecule has 0 saturated carbocycles. The molecule has 0 aliphatic heterocycles. The van der Waals surface area contributed by atoms with E-state index in [1.807, 2.05) is 6.07 Å². The smallest absolute Gasteiger partial charge is 0.406 e. The Kier molecular flexibility index (Phi) is 6.09. The molecule has 13 heteroatoms. The van der Waals surface area contributed by atoms with Gasteiger partial charge in [-0.15, -0.1) is 18.3 Å². The first kappa shape index (κ1) is 21.7. The molecule has 0 aliphatic rings. The highest BCUT2D eigenvalue weighted by Gasteiger charge is 2.31. The lowest BCUT2D eigenvalue weighted by molar-refractivity contribution is -0.274. The van der Waals surface area contributed by atoms with Gasteiger partial charge in [-0.25, -0.2) is 9.97 Å². The minimum Gasteiger partial charge on any atom is -0.406 e. The molecular weight excluding hydrogens is 489 g/mol. The van der Waals surface area contributed by atoms with Gasteiger partial charge in [-0.3, -0.25) is 4.79 Å². The average molecular weight is 501 g/mol. The maximum atomic E-state index is 12.6. The zero-order valence-electron chi connectivity index (χ0n) is 15.4. The lowest BCUT2D eigenvalue weighted by Crippen LogP contribution is -2.29. The van der Waals surface area contributed by atoms with Gasteiger partial charge in [0.15, 0.2) is 5.82 Å². The fourth-order valence-electron chi connectivity index (χ4n) is 2.50. The number of benzene rings is 1. The van der Waals surface area contributed by atoms with Crippen molar-refractivity contribution in [3.05, 3.63) is 51.0 Å². The first-order valence-electron chi connectivity index (χ1n) is 8.23. The summed E-state index contributed by atoms with van der Waals surface area (Å²) in [6.45, 7) is 3.30. The zero-order valence-corrected chi connectivity index (χ0v) is 17.8. The third kappa shape index (κ3) is 5.14. The second kappa shape index (κ2) is 8.41. The van der Waals surface area contributed by atoms with Crippen LogP contribution in [0, 0.1) is 18.3 Å². The van der Waals surface area contributed by atoms with Gasteiger partial charge in [0.2, 0.25) is 5.13 Å². The third-order valence-electron chi connectivity index (χ3n) is 3.62. The number of ether oxygens (including phenoxy) is 1. The van der Waals surface area contributed by atoms with Gasteiger partial charge in [-0.05, 0) is 32.0 Å². The number of thiazole rings is 1. The number of amides is 1. The van der Waals surface area contributed by atoms with E-state index in [0.29, 0.717) is 21.7 Å². The number of carbonyl (C=O) groups excluding carboxylic acids is 1. The molecule has 1 amide bonds. The molecule has 2 heterocycles. The average Bonchev–Trinajstić information content (AvgIpc) is 3.25. The molecule has 2 aromatic heterocycles. The third-order valence-corrected chi connectivity index (χ3v) is 4.96. The van der Waals surface area contributed by atoms with Crippen LogP contribution in [0.1, 0.15) is 39.8 Å². The normalized spacial score (nSPS) is 12.3. The predicted molar refractivity (Wildman–Crippen MR) is 103 cm³/mol. The van der Waals surface area contributed by atoms with E-state index in [4.69, 9.17) is 5.26 Å². The lowest BCUT2D eigenvalue weighted by atomic mass is 10.2. The quantitative estimate of drug-likeness (QED) is 0.566. The van der Waals surface area contributed by atoms with Crippen LogP contribution in [0.25, 0.3) is 5.13 Å². The van der Waals surface area contributed by atoms with Gasteiger partial charge >= 0.3 is 6.36 Å². The molecular formula is C17H12BrF3N6O2S. The first-order chi connectivity index (χ1) is 14.1. The second-order valence-corrected chi connectivity index (χ2v) is 7.89. The summed E-state index contributed by atoms with van der Waals surface area (Å²) in [6, 6.07) is 4.76. The Balaban J connectivity index is 1.84. The summed E-state index contributed by atoms with van der Waals surface area (Å²) in [6.07, 6.45) is -3.49. The van der Waals surface area contributed by atoms with E-state index in [-0.39, 0.29) is 10.0 Å². The van der Waals surface area contributed by atoms with Crippen LogP contribution < -0.4 is 10.1 Å². The van der Waals surface area contributed by atoms with Crippen LogP contribution in [0.3, 0.4) is 0 Å². The van der Waals surface area contributed by atoms with Crippen molar-refractivity contribution in [2.24, 2.45) is 0 Å². The van der Waals surface area contributed by atoms with Crippen LogP contribution in [-0.2, 0) is 0 Å². The SMILES string of the molecule is Cc1nc(C(C)NC(=O)c2cc(Br)cc(OC(F)(F)F)c2)n(-c2ncc(C#N)s2)n1. The molecule has 8 nitrogen and oxygen atoms in total. The molecule has 3 rings (SSSR count). The topological polar surface area (TPSA) is 106 Å². The Morgan fingerprint density at radius 3 is 2.77 bits per heavy atom. The van der Waals surface area contributed by atoms with Gasteiger partial charge in [0, 0.05) is 10.0 Å². The van der Waals surface area contributed by atoms with Crippen molar-refractivity contribution < 1.29 is 22.7 Å². The minimum atomic E-state index is -4.88. The number of carbonyl (C=O) groups is 1. The molecule has 156 valence electrons. The summed E-state index contributed by atoms with van der Waals surface area (Å²) < 4.78 is 43.0. The zero-order chi connectivity index (χ0) is 22.1. The fourth-order valence-corrected chi connectivity index (χ4v) is 3.64. The number of hydrogen-bond donors (Lipinski definition) is 1. The van der Waals surface area contributed by atoms with Crippen molar-refractivity contribution in [2.45, 2.75) is 26.3 Å². The van der Waals surface area contributed by atoms with Crippen LogP contribution in [-0.4, -0.2) is 32.0 Å². The highest BCUT2D eigenvalue weighted by molar-refractivity contribution is 9.10. The van der Waals surface area contributed by atoms with Gasteiger partial charge < -0.3 is 10.1 Å². The van der Waals surface area contributed by atoms with Crippen molar-refractivity contribution >= 4 is 33.2 Å². The Morgan fingerprint density at radius 1 is 1.40 bits per heavy atom. The van der Waals surface area contributed by atoms with E-state index in [0.717, 1.165) is 23.5 Å². The number of nitriles is 1. The molecule has 0 fully saturated rings. The number of rotatable bonds is 5. The molecule has 0 saturated heterocycles. The summed E-state index contributed by atoms with van der Waals surface area (Å²) in [5, 5.41) is 16.3. The van der Waals surface area contributed by atoms with Crippen molar-refractivity contribution in [3.8, 4) is 17.0 Å². The predicted octanol–water partition coefficient (Wildman–Crippen LogP) is 4.06. The largest absolute Gasteiger partial charge is 0.573 e. The fraction of sp³-hybridized carbons (Fsp3) is 0.235. The first-order valence-corrected chi connectivity index (χ1v) is 9.83. The molecule has 1 aromatic carbocycles. The van der Waals surface area contributed by atoms with Gasteiger partial charge in [0.05, 0.1) is 12.2 Å². The summed E-state index contributed by atoms with van der Waals surface area (Å²) in [4.78, 5) is 21.4. The summed E-state index contributed by atoms with van der Waals surface area (Å²) in [5.74, 6) is -0.398. The van der Waals surface area contributed by atoms with Crippen LogP contribution in [0.4, 0.5) is 13.2 Å². The van der Waals surface area contributed by atoms with Gasteiger partial charge in [-0.1, -0.05) is 27.3 Å². The number of alkyl halides is 3. The molecule has 3 aromatic rings. The molecule has 30 heavy (non-hydrogen) atoms. The number of nitrogens with one attached hydrogen (secondary N) is 1. The van der Waals surface area contributed by atoms with E-state index in [1.54, 1.807) is 13.8 Å². The van der Waals surface area contributed by atoms with Crippen molar-refractivity contribution in [1.82, 2.24) is 25.1 Å². The molecule has 0 radical (unpaired) electrons. The molecule has 0 bridgehead atoms. The molecule has 1 unspecified atom stereocenters. The van der Waals surface area contributed by atoms with E-state index < -0.39 is 24.1 Å². The molecule has 0 spiro atoms. The molecule has 1 atom stereocenters. The standard InChI is InChI=1S/C17H12BrF3N6O2S/c1-8(14-25-9(2)26-27(14)16-23-7-13(6-22)30-16)24-15(28)10-3-11(18)5-12(4-10)29-17(19,20)21/h3-5,7-8H,1-2H3,(H,24,28). The summed E-state index contributed by atoms with van der Waals surface area (Å²) in [7, 11) is 0. The lowest BCUT2D eigenvalue weighted by Gasteiger charge is -2.15. The van der Waals surface area contributed by atoms with Crippen LogP contribution in [0.2, 0.25) is 0 Å². The monoisotopic (exact) mass is 500 g/mol. The number of halogens is 4. The Bertz CT molecular complexity index is 1140. The summed E-state index contributed by atoms with van der Waals surface area (Å²) in [5.41, 5.74) is -0.0423. The van der Waals surface area contributed by atoms with Gasteiger partial charge in [0.1, 0.15) is 22.5 Å². The summed E-state index contributed by atoms with van der Waals surface area (Å²) >= 11 is 4.17. The van der Waals surface area contributed by atoms with E-state index in [9.17, 15) is 18.0 Å². The van der Waals surface area contributed by atoms with Crippen LogP contribution in [0.5, 0.6) is 5.75 Å². The Hall–Kier alpha value is -2.98. The Morgan fingerprint density at radius 2 is 2.13 bits per heavy atom. The molecule has 0 aliphatic carbocycles. The minimum absolute atomic E-state index is 0.0423. The van der Waals surface area contributed by atoms with E-state index >= 15 is 0 Å².